The molecule has 2 saturated heterocycles. The average molecular weight is 429 g/mol. The van der Waals surface area contributed by atoms with Gasteiger partial charge >= 0.3 is 0 Å². The van der Waals surface area contributed by atoms with Crippen molar-refractivity contribution < 1.29 is 9.59 Å². The molecule has 1 aromatic rings. The van der Waals surface area contributed by atoms with Gasteiger partial charge in [0.05, 0.1) is 6.54 Å². The van der Waals surface area contributed by atoms with Crippen molar-refractivity contribution in [3.8, 4) is 0 Å². The number of primary amides is 1. The van der Waals surface area contributed by atoms with Crippen molar-refractivity contribution in [2.75, 3.05) is 57.3 Å². The van der Waals surface area contributed by atoms with Crippen LogP contribution < -0.4 is 16.0 Å². The molecule has 2 aliphatic rings. The largest absolute Gasteiger partial charge is 0.370 e. The van der Waals surface area contributed by atoms with Crippen molar-refractivity contribution in [1.29, 1.82) is 0 Å². The number of hydrogen-bond acceptors (Lipinski definition) is 4. The maximum Gasteiger partial charge on any atom is 0.224 e. The number of rotatable bonds is 7. The van der Waals surface area contributed by atoms with Gasteiger partial charge in [0.1, 0.15) is 0 Å². The lowest BCUT2D eigenvalue weighted by Gasteiger charge is -2.36. The van der Waals surface area contributed by atoms with E-state index in [1.54, 1.807) is 0 Å². The Balaban J connectivity index is 1.47. The molecule has 2 fully saturated rings. The number of piperidine rings is 1. The Morgan fingerprint density at radius 2 is 1.84 bits per heavy atom. The molecule has 31 heavy (non-hydrogen) atoms. The molecule has 0 aromatic heterocycles. The average Bonchev–Trinajstić information content (AvgIpc) is 2.79. The summed E-state index contributed by atoms with van der Waals surface area (Å²) >= 11 is 0. The highest BCUT2D eigenvalue weighted by atomic mass is 16.2. The topological polar surface area (TPSA) is 94.3 Å². The molecule has 1 aromatic carbocycles. The summed E-state index contributed by atoms with van der Waals surface area (Å²) in [5, 5.41) is 3.33. The van der Waals surface area contributed by atoms with Gasteiger partial charge < -0.3 is 25.8 Å². The molecule has 0 radical (unpaired) electrons. The molecular formula is C23H36N6O2. The van der Waals surface area contributed by atoms with Crippen LogP contribution in [-0.4, -0.2) is 79.9 Å². The molecule has 8 heteroatoms. The van der Waals surface area contributed by atoms with Crippen molar-refractivity contribution in [2.24, 2.45) is 16.6 Å². The van der Waals surface area contributed by atoms with Gasteiger partial charge in [0, 0.05) is 64.3 Å². The van der Waals surface area contributed by atoms with Crippen molar-refractivity contribution in [3.05, 3.63) is 30.3 Å². The Morgan fingerprint density at radius 3 is 2.52 bits per heavy atom. The summed E-state index contributed by atoms with van der Waals surface area (Å²) in [6.07, 6.45) is 2.88. The van der Waals surface area contributed by atoms with E-state index in [1.165, 1.54) is 5.69 Å². The van der Waals surface area contributed by atoms with Crippen molar-refractivity contribution in [3.63, 3.8) is 0 Å². The predicted molar refractivity (Wildman–Crippen MR) is 124 cm³/mol. The smallest absolute Gasteiger partial charge is 0.224 e. The van der Waals surface area contributed by atoms with Crippen LogP contribution in [-0.2, 0) is 9.59 Å². The van der Waals surface area contributed by atoms with E-state index in [9.17, 15) is 9.59 Å². The summed E-state index contributed by atoms with van der Waals surface area (Å²) in [5.74, 6) is 1.03. The molecule has 0 aliphatic carbocycles. The minimum Gasteiger partial charge on any atom is -0.370 e. The third kappa shape index (κ3) is 6.87. The van der Waals surface area contributed by atoms with Gasteiger partial charge in [0.2, 0.25) is 11.8 Å². The molecule has 2 heterocycles. The molecule has 2 aliphatic heterocycles. The minimum atomic E-state index is -0.244. The number of anilines is 1. The lowest BCUT2D eigenvalue weighted by molar-refractivity contribution is -0.131. The summed E-state index contributed by atoms with van der Waals surface area (Å²) < 4.78 is 0. The van der Waals surface area contributed by atoms with Gasteiger partial charge in [-0.2, -0.15) is 0 Å². The molecule has 2 amide bonds. The summed E-state index contributed by atoms with van der Waals surface area (Å²) in [5.41, 5.74) is 6.59. The lowest BCUT2D eigenvalue weighted by Crippen LogP contribution is -2.49. The number of aliphatic imine (C=N–C) groups is 1. The van der Waals surface area contributed by atoms with E-state index in [4.69, 9.17) is 10.7 Å². The zero-order valence-corrected chi connectivity index (χ0v) is 18.6. The maximum absolute atomic E-state index is 12.7. The van der Waals surface area contributed by atoms with Crippen molar-refractivity contribution >= 4 is 23.5 Å². The van der Waals surface area contributed by atoms with E-state index in [0.29, 0.717) is 19.4 Å². The number of nitrogens with one attached hydrogen (secondary N) is 1. The van der Waals surface area contributed by atoms with Crippen molar-refractivity contribution in [2.45, 2.75) is 32.6 Å². The standard InChI is InChI=1S/C23H36N6O2/c1-2-25-23(29-12-6-7-19(18-29)17-21(24)30)26-11-10-22(31)28-15-13-27(14-16-28)20-8-4-3-5-9-20/h3-5,8-9,19H,2,6-7,10-18H2,1H3,(H2,24,30)(H,25,26). The van der Waals surface area contributed by atoms with Crippen LogP contribution in [0.1, 0.15) is 32.6 Å². The third-order valence-electron chi connectivity index (χ3n) is 5.98. The fourth-order valence-electron chi connectivity index (χ4n) is 4.40. The summed E-state index contributed by atoms with van der Waals surface area (Å²) in [6, 6.07) is 10.3. The van der Waals surface area contributed by atoms with Crippen LogP contribution >= 0.6 is 0 Å². The number of likely N-dealkylation sites (tertiary alicyclic amines) is 1. The van der Waals surface area contributed by atoms with Gasteiger partial charge in [-0.1, -0.05) is 18.2 Å². The minimum absolute atomic E-state index is 0.164. The van der Waals surface area contributed by atoms with Crippen LogP contribution in [0.25, 0.3) is 0 Å². The monoisotopic (exact) mass is 428 g/mol. The van der Waals surface area contributed by atoms with Crippen LogP contribution in [0.15, 0.2) is 35.3 Å². The number of carbonyl (C=O) groups is 2. The molecule has 8 nitrogen and oxygen atoms in total. The van der Waals surface area contributed by atoms with Gasteiger partial charge in [-0.25, -0.2) is 0 Å². The zero-order chi connectivity index (χ0) is 22.1. The van der Waals surface area contributed by atoms with E-state index in [2.05, 4.69) is 27.2 Å². The normalized spacial score (nSPS) is 20.0. The first-order valence-corrected chi connectivity index (χ1v) is 11.5. The Hall–Kier alpha value is -2.77. The molecule has 1 unspecified atom stereocenters. The molecule has 3 rings (SSSR count). The summed E-state index contributed by atoms with van der Waals surface area (Å²) in [7, 11) is 0. The summed E-state index contributed by atoms with van der Waals surface area (Å²) in [6.45, 7) is 8.19. The van der Waals surface area contributed by atoms with Crippen LogP contribution in [0, 0.1) is 5.92 Å². The number of amides is 2. The van der Waals surface area contributed by atoms with E-state index in [0.717, 1.165) is 64.6 Å². The molecule has 3 N–H and O–H groups in total. The first-order chi connectivity index (χ1) is 15.1. The molecule has 0 spiro atoms. The van der Waals surface area contributed by atoms with E-state index in [1.807, 2.05) is 30.0 Å². The number of guanidine groups is 1. The van der Waals surface area contributed by atoms with Gasteiger partial charge in [0.25, 0.3) is 0 Å². The Morgan fingerprint density at radius 1 is 1.10 bits per heavy atom. The fourth-order valence-corrected chi connectivity index (χ4v) is 4.40. The molecule has 1 atom stereocenters. The van der Waals surface area contributed by atoms with Crippen LogP contribution in [0.5, 0.6) is 0 Å². The van der Waals surface area contributed by atoms with Gasteiger partial charge in [-0.3, -0.25) is 14.6 Å². The van der Waals surface area contributed by atoms with Crippen LogP contribution in [0.3, 0.4) is 0 Å². The lowest BCUT2D eigenvalue weighted by atomic mass is 9.95. The van der Waals surface area contributed by atoms with Crippen LogP contribution in [0.4, 0.5) is 5.69 Å². The molecule has 0 bridgehead atoms. The fraction of sp³-hybridized carbons (Fsp3) is 0.609. The number of nitrogens with two attached hydrogens (primary N) is 1. The first-order valence-electron chi connectivity index (χ1n) is 11.5. The quantitative estimate of drug-likeness (QED) is 0.504. The second-order valence-electron chi connectivity index (χ2n) is 8.31. The van der Waals surface area contributed by atoms with E-state index in [-0.39, 0.29) is 17.7 Å². The number of nitrogens with zero attached hydrogens (tertiary/aromatic N) is 4. The highest BCUT2D eigenvalue weighted by Gasteiger charge is 2.24. The SMILES string of the molecule is CCNC(=NCCC(=O)N1CCN(c2ccccc2)CC1)N1CCCC(CC(N)=O)C1. The Labute approximate surface area is 185 Å². The Bertz CT molecular complexity index is 746. The molecular weight excluding hydrogens is 392 g/mol. The number of hydrogen-bond donors (Lipinski definition) is 2. The number of piperazine rings is 1. The number of carbonyl (C=O) groups excluding carboxylic acids is 2. The van der Waals surface area contributed by atoms with Gasteiger partial charge in [0.15, 0.2) is 5.96 Å². The van der Waals surface area contributed by atoms with Crippen molar-refractivity contribution in [1.82, 2.24) is 15.1 Å². The highest BCUT2D eigenvalue weighted by Crippen LogP contribution is 2.19. The predicted octanol–water partition coefficient (Wildman–Crippen LogP) is 1.28. The van der Waals surface area contributed by atoms with E-state index >= 15 is 0 Å². The number of benzene rings is 1. The number of para-hydroxylation sites is 1. The maximum atomic E-state index is 12.7. The first kappa shape index (κ1) is 22.9. The Kier molecular flexibility index (Phi) is 8.55. The third-order valence-corrected chi connectivity index (χ3v) is 5.98. The highest BCUT2D eigenvalue weighted by molar-refractivity contribution is 5.81. The second kappa shape index (κ2) is 11.6. The van der Waals surface area contributed by atoms with Gasteiger partial charge in [-0.15, -0.1) is 0 Å². The van der Waals surface area contributed by atoms with Gasteiger partial charge in [-0.05, 0) is 37.8 Å². The van der Waals surface area contributed by atoms with Crippen LogP contribution in [0.2, 0.25) is 0 Å². The second-order valence-corrected chi connectivity index (χ2v) is 8.31. The van der Waals surface area contributed by atoms with E-state index < -0.39 is 0 Å². The zero-order valence-electron chi connectivity index (χ0n) is 18.6. The molecule has 0 saturated carbocycles. The summed E-state index contributed by atoms with van der Waals surface area (Å²) in [4.78, 5) is 35.1. The molecule has 170 valence electrons.